The molecular formula is C29H41N5O3. The fourth-order valence-electron chi connectivity index (χ4n) is 6.11. The number of amides is 1. The van der Waals surface area contributed by atoms with Crippen LogP contribution in [-0.4, -0.2) is 62.5 Å². The van der Waals surface area contributed by atoms with Crippen molar-refractivity contribution in [2.24, 2.45) is 11.3 Å². The van der Waals surface area contributed by atoms with E-state index in [0.29, 0.717) is 30.3 Å². The van der Waals surface area contributed by atoms with E-state index in [1.165, 1.54) is 0 Å². The van der Waals surface area contributed by atoms with Gasteiger partial charge in [0.25, 0.3) is 0 Å². The van der Waals surface area contributed by atoms with Crippen molar-refractivity contribution in [2.75, 3.05) is 19.6 Å². The Balaban J connectivity index is 1.47. The van der Waals surface area contributed by atoms with E-state index < -0.39 is 11.4 Å². The number of rotatable bonds is 11. The van der Waals surface area contributed by atoms with Crippen LogP contribution in [0.2, 0.25) is 0 Å². The molecule has 3 aliphatic rings. The Morgan fingerprint density at radius 3 is 2.51 bits per heavy atom. The maximum Gasteiger partial charge on any atom is 0.303 e. The monoisotopic (exact) mass is 507 g/mol. The Hall–Kier alpha value is -2.87. The number of carbonyl (C=O) groups excluding carboxylic acids is 1. The van der Waals surface area contributed by atoms with Gasteiger partial charge in [0.2, 0.25) is 5.91 Å². The van der Waals surface area contributed by atoms with Crippen molar-refractivity contribution in [3.05, 3.63) is 42.0 Å². The van der Waals surface area contributed by atoms with Crippen LogP contribution in [0.25, 0.3) is 11.4 Å². The van der Waals surface area contributed by atoms with Gasteiger partial charge in [-0.2, -0.15) is 0 Å². The summed E-state index contributed by atoms with van der Waals surface area (Å²) >= 11 is 0. The number of carbonyl (C=O) groups is 2. The van der Waals surface area contributed by atoms with E-state index in [9.17, 15) is 9.59 Å². The van der Waals surface area contributed by atoms with E-state index in [0.717, 1.165) is 61.5 Å². The van der Waals surface area contributed by atoms with Crippen molar-refractivity contribution in [1.29, 1.82) is 0 Å². The number of aliphatic carboxylic acids is 1. The highest BCUT2D eigenvalue weighted by atomic mass is 16.4. The van der Waals surface area contributed by atoms with Crippen LogP contribution >= 0.6 is 0 Å². The highest BCUT2D eigenvalue weighted by Gasteiger charge is 2.41. The number of carboxylic acids is 1. The summed E-state index contributed by atoms with van der Waals surface area (Å²) in [6, 6.07) is 6.50. The summed E-state index contributed by atoms with van der Waals surface area (Å²) in [4.78, 5) is 40.3. The number of hydrogen-bond acceptors (Lipinski definition) is 6. The average molecular weight is 508 g/mol. The Morgan fingerprint density at radius 1 is 1.16 bits per heavy atom. The number of carboxylic acid groups (broad SMARTS) is 1. The summed E-state index contributed by atoms with van der Waals surface area (Å²) in [5, 5.41) is 12.2. The second-order valence-electron chi connectivity index (χ2n) is 11.5. The van der Waals surface area contributed by atoms with Gasteiger partial charge in [0.05, 0.1) is 6.42 Å². The van der Waals surface area contributed by atoms with Crippen LogP contribution in [0.4, 0.5) is 0 Å². The average Bonchev–Trinajstić information content (AvgIpc) is 2.88. The molecule has 8 nitrogen and oxygen atoms in total. The number of nitrogens with one attached hydrogen (secondary N) is 1. The third-order valence-electron chi connectivity index (χ3n) is 8.17. The first-order chi connectivity index (χ1) is 17.7. The second kappa shape index (κ2) is 11.7. The molecule has 0 aliphatic carbocycles. The molecule has 1 amide bonds. The zero-order valence-electron chi connectivity index (χ0n) is 22.6. The second-order valence-corrected chi connectivity index (χ2v) is 11.5. The molecule has 3 aliphatic heterocycles. The molecule has 3 fully saturated rings. The van der Waals surface area contributed by atoms with Crippen LogP contribution < -0.4 is 5.32 Å². The van der Waals surface area contributed by atoms with Gasteiger partial charge in [0, 0.05) is 66.7 Å². The quantitative estimate of drug-likeness (QED) is 0.457. The summed E-state index contributed by atoms with van der Waals surface area (Å²) in [5.74, 6) is 1.13. The van der Waals surface area contributed by atoms with Crippen molar-refractivity contribution in [3.8, 4) is 11.4 Å². The Labute approximate surface area is 220 Å². The van der Waals surface area contributed by atoms with E-state index in [2.05, 4.69) is 35.1 Å². The Bertz CT molecular complexity index is 1090. The molecule has 200 valence electrons. The largest absolute Gasteiger partial charge is 0.481 e. The number of pyridine rings is 1. The van der Waals surface area contributed by atoms with E-state index >= 15 is 0 Å². The number of piperidine rings is 3. The first-order valence-corrected chi connectivity index (χ1v) is 13.7. The molecule has 2 aromatic rings. The van der Waals surface area contributed by atoms with Gasteiger partial charge in [-0.1, -0.05) is 27.7 Å². The highest BCUT2D eigenvalue weighted by Crippen LogP contribution is 2.42. The summed E-state index contributed by atoms with van der Waals surface area (Å²) in [5.41, 5.74) is 2.71. The molecule has 2 N–H and O–H groups in total. The molecule has 5 rings (SSSR count). The molecule has 3 saturated heterocycles. The van der Waals surface area contributed by atoms with Crippen LogP contribution in [0, 0.1) is 11.3 Å². The Morgan fingerprint density at radius 2 is 1.89 bits per heavy atom. The topological polar surface area (TPSA) is 108 Å². The standard InChI is InChI=1S/C29H41N5O3/c1-5-19(6-2)24-14-25(33-28(32-24)20-7-10-30-11-8-20)23-18-34-12-9-21(23)13-22(34)17-31-26(35)15-29(3,4)16-27(36)37/h7-8,10-11,14,19,21-23H,5-6,9,12-13,15-18H2,1-4H3,(H,31,35)(H,36,37). The minimum Gasteiger partial charge on any atom is -0.481 e. The summed E-state index contributed by atoms with van der Waals surface area (Å²) in [7, 11) is 0. The molecule has 4 unspecified atom stereocenters. The van der Waals surface area contributed by atoms with Crippen molar-refractivity contribution in [1.82, 2.24) is 25.2 Å². The Kier molecular flexibility index (Phi) is 8.57. The number of nitrogens with zero attached hydrogens (tertiary/aromatic N) is 4. The predicted octanol–water partition coefficient (Wildman–Crippen LogP) is 4.63. The predicted molar refractivity (Wildman–Crippen MR) is 143 cm³/mol. The van der Waals surface area contributed by atoms with E-state index in [1.54, 1.807) is 12.4 Å². The zero-order valence-corrected chi connectivity index (χ0v) is 22.6. The molecule has 4 atom stereocenters. The molecule has 0 saturated carbocycles. The summed E-state index contributed by atoms with van der Waals surface area (Å²) in [6.07, 6.45) is 8.04. The summed E-state index contributed by atoms with van der Waals surface area (Å²) < 4.78 is 0. The molecule has 8 heteroatoms. The van der Waals surface area contributed by atoms with Crippen LogP contribution in [0.1, 0.15) is 89.4 Å². The van der Waals surface area contributed by atoms with Gasteiger partial charge >= 0.3 is 5.97 Å². The maximum absolute atomic E-state index is 12.6. The van der Waals surface area contributed by atoms with Crippen molar-refractivity contribution >= 4 is 11.9 Å². The third-order valence-corrected chi connectivity index (χ3v) is 8.17. The number of hydrogen-bond donors (Lipinski definition) is 2. The minimum absolute atomic E-state index is 0.0148. The van der Waals surface area contributed by atoms with E-state index in [4.69, 9.17) is 15.1 Å². The molecule has 0 radical (unpaired) electrons. The smallest absolute Gasteiger partial charge is 0.303 e. The number of aromatic nitrogens is 3. The molecule has 2 bridgehead atoms. The zero-order chi connectivity index (χ0) is 26.6. The van der Waals surface area contributed by atoms with Crippen molar-refractivity contribution < 1.29 is 14.7 Å². The van der Waals surface area contributed by atoms with Crippen molar-refractivity contribution in [2.45, 2.75) is 84.1 Å². The molecule has 2 aromatic heterocycles. The van der Waals surface area contributed by atoms with Gasteiger partial charge in [0.15, 0.2) is 5.82 Å². The van der Waals surface area contributed by atoms with Crippen LogP contribution in [0.15, 0.2) is 30.6 Å². The van der Waals surface area contributed by atoms with Crippen LogP contribution in [0.3, 0.4) is 0 Å². The SMILES string of the molecule is CCC(CC)c1cc(C2CN3CCC2CC3CNC(=O)CC(C)(C)CC(=O)O)nc(-c2ccncc2)n1. The molecule has 0 aromatic carbocycles. The van der Waals surface area contributed by atoms with Gasteiger partial charge in [-0.15, -0.1) is 0 Å². The lowest BCUT2D eigenvalue weighted by molar-refractivity contribution is -0.139. The van der Waals surface area contributed by atoms with Crippen molar-refractivity contribution in [3.63, 3.8) is 0 Å². The fraction of sp³-hybridized carbons (Fsp3) is 0.621. The lowest BCUT2D eigenvalue weighted by Crippen LogP contribution is -2.56. The molecule has 37 heavy (non-hydrogen) atoms. The first-order valence-electron chi connectivity index (χ1n) is 13.7. The van der Waals surface area contributed by atoms with Gasteiger partial charge in [-0.3, -0.25) is 19.5 Å². The lowest BCUT2D eigenvalue weighted by atomic mass is 9.73. The first kappa shape index (κ1) is 27.2. The van der Waals surface area contributed by atoms with Gasteiger partial charge in [0.1, 0.15) is 0 Å². The lowest BCUT2D eigenvalue weighted by Gasteiger charge is -2.50. The summed E-state index contributed by atoms with van der Waals surface area (Å²) in [6.45, 7) is 10.7. The van der Waals surface area contributed by atoms with Gasteiger partial charge < -0.3 is 10.4 Å². The van der Waals surface area contributed by atoms with Crippen LogP contribution in [0.5, 0.6) is 0 Å². The van der Waals surface area contributed by atoms with Gasteiger partial charge in [-0.25, -0.2) is 9.97 Å². The van der Waals surface area contributed by atoms with Crippen LogP contribution in [-0.2, 0) is 9.59 Å². The molecule has 0 spiro atoms. The van der Waals surface area contributed by atoms with Gasteiger partial charge in [-0.05, 0) is 61.8 Å². The highest BCUT2D eigenvalue weighted by molar-refractivity contribution is 5.78. The normalized spacial score (nSPS) is 23.3. The molecular weight excluding hydrogens is 466 g/mol. The third kappa shape index (κ3) is 6.72. The molecule has 5 heterocycles. The van der Waals surface area contributed by atoms with E-state index in [1.807, 2.05) is 26.0 Å². The maximum atomic E-state index is 12.6. The minimum atomic E-state index is -0.872. The number of fused-ring (bicyclic) bond motifs is 3. The van der Waals surface area contributed by atoms with E-state index in [-0.39, 0.29) is 18.7 Å². The fourth-order valence-corrected chi connectivity index (χ4v) is 6.11.